The van der Waals surface area contributed by atoms with Gasteiger partial charge in [-0.1, -0.05) is 24.3 Å². The fourth-order valence-electron chi connectivity index (χ4n) is 5.67. The maximum Gasteiger partial charge on any atom is -0.0196 e. The van der Waals surface area contributed by atoms with Crippen LogP contribution in [0.15, 0.2) is 50.6 Å². The second-order valence-corrected chi connectivity index (χ2v) is 6.79. The topological polar surface area (TPSA) is 0 Å². The molecule has 0 aromatic rings. The maximum atomic E-state index is 4.10. The van der Waals surface area contributed by atoms with Crippen molar-refractivity contribution in [2.45, 2.75) is 19.3 Å². The van der Waals surface area contributed by atoms with Gasteiger partial charge in [-0.2, -0.15) is 0 Å². The third-order valence-electron chi connectivity index (χ3n) is 6.37. The minimum Gasteiger partial charge on any atom is -0.103 e. The summed E-state index contributed by atoms with van der Waals surface area (Å²) in [6.45, 7) is 16.3. The van der Waals surface area contributed by atoms with Crippen LogP contribution in [0.5, 0.6) is 0 Å². The molecular weight excluding hydrogens is 228 g/mol. The predicted octanol–water partition coefficient (Wildman–Crippen LogP) is 4.87. The summed E-state index contributed by atoms with van der Waals surface area (Å²) in [5.41, 5.74) is 0. The molecule has 0 bridgehead atoms. The van der Waals surface area contributed by atoms with Crippen molar-refractivity contribution in [3.63, 3.8) is 0 Å². The molecular formula is C19H26. The molecule has 19 heavy (non-hydrogen) atoms. The largest absolute Gasteiger partial charge is 0.103 e. The van der Waals surface area contributed by atoms with Crippen molar-refractivity contribution in [2.75, 3.05) is 0 Å². The van der Waals surface area contributed by atoms with Gasteiger partial charge < -0.3 is 0 Å². The number of hydrogen-bond donors (Lipinski definition) is 0. The van der Waals surface area contributed by atoms with E-state index in [1.165, 1.54) is 19.3 Å². The summed E-state index contributed by atoms with van der Waals surface area (Å²) in [7, 11) is 0. The van der Waals surface area contributed by atoms with E-state index < -0.39 is 0 Å². The molecule has 3 aliphatic carbocycles. The molecule has 8 atom stereocenters. The molecule has 3 aliphatic rings. The zero-order valence-corrected chi connectivity index (χ0v) is 11.9. The van der Waals surface area contributed by atoms with Gasteiger partial charge in [0.1, 0.15) is 0 Å². The van der Waals surface area contributed by atoms with Crippen LogP contribution in [-0.4, -0.2) is 0 Å². The van der Waals surface area contributed by atoms with Crippen LogP contribution in [0, 0.1) is 47.3 Å². The van der Waals surface area contributed by atoms with Crippen molar-refractivity contribution < 1.29 is 0 Å². The van der Waals surface area contributed by atoms with Crippen molar-refractivity contribution in [1.82, 2.24) is 0 Å². The average Bonchev–Trinajstić information content (AvgIpc) is 3.06. The zero-order chi connectivity index (χ0) is 13.6. The van der Waals surface area contributed by atoms with Crippen molar-refractivity contribution in [2.24, 2.45) is 47.3 Å². The summed E-state index contributed by atoms with van der Waals surface area (Å²) in [4.78, 5) is 0. The molecule has 0 heterocycles. The van der Waals surface area contributed by atoms with Crippen LogP contribution in [-0.2, 0) is 0 Å². The standard InChI is InChI=1S/C19H26/c1-5-12-9-14(7-3)18-16(12)11-17-13(6-2)10-15(8-4)19(17)18/h5-8,12-19H,1-4,9-11H2. The fourth-order valence-corrected chi connectivity index (χ4v) is 5.67. The Hall–Kier alpha value is -1.04. The predicted molar refractivity (Wildman–Crippen MR) is 82.6 cm³/mol. The molecule has 102 valence electrons. The van der Waals surface area contributed by atoms with Crippen molar-refractivity contribution in [3.05, 3.63) is 50.6 Å². The monoisotopic (exact) mass is 254 g/mol. The van der Waals surface area contributed by atoms with Crippen LogP contribution >= 0.6 is 0 Å². The molecule has 3 saturated carbocycles. The summed E-state index contributed by atoms with van der Waals surface area (Å²) in [6.07, 6.45) is 12.7. The van der Waals surface area contributed by atoms with E-state index >= 15 is 0 Å². The minimum atomic E-state index is 0.689. The molecule has 0 N–H and O–H groups in total. The first-order valence-corrected chi connectivity index (χ1v) is 7.75. The highest BCUT2D eigenvalue weighted by Crippen LogP contribution is 2.64. The van der Waals surface area contributed by atoms with E-state index in [0.717, 1.165) is 23.7 Å². The number of allylic oxidation sites excluding steroid dienone is 4. The Morgan fingerprint density at radius 1 is 0.526 bits per heavy atom. The quantitative estimate of drug-likeness (QED) is 0.628. The van der Waals surface area contributed by atoms with E-state index in [-0.39, 0.29) is 0 Å². The molecule has 0 spiro atoms. The summed E-state index contributed by atoms with van der Waals surface area (Å²) < 4.78 is 0. The second kappa shape index (κ2) is 4.81. The van der Waals surface area contributed by atoms with Gasteiger partial charge in [0, 0.05) is 0 Å². The van der Waals surface area contributed by atoms with Gasteiger partial charge >= 0.3 is 0 Å². The third-order valence-corrected chi connectivity index (χ3v) is 6.37. The normalized spacial score (nSPS) is 51.4. The van der Waals surface area contributed by atoms with Crippen molar-refractivity contribution in [1.29, 1.82) is 0 Å². The van der Waals surface area contributed by atoms with E-state index in [2.05, 4.69) is 50.6 Å². The summed E-state index contributed by atoms with van der Waals surface area (Å²) >= 11 is 0. The number of rotatable bonds is 4. The lowest BCUT2D eigenvalue weighted by Crippen LogP contribution is -2.22. The Balaban J connectivity index is 1.94. The molecule has 0 heteroatoms. The average molecular weight is 254 g/mol. The number of hydrogen-bond acceptors (Lipinski definition) is 0. The first-order chi connectivity index (χ1) is 9.24. The van der Waals surface area contributed by atoms with Crippen molar-refractivity contribution >= 4 is 0 Å². The molecule has 0 amide bonds. The van der Waals surface area contributed by atoms with Gasteiger partial charge in [-0.15, -0.1) is 26.3 Å². The molecule has 0 nitrogen and oxygen atoms in total. The highest BCUT2D eigenvalue weighted by molar-refractivity contribution is 5.16. The molecule has 0 radical (unpaired) electrons. The van der Waals surface area contributed by atoms with Gasteiger partial charge in [0.2, 0.25) is 0 Å². The zero-order valence-electron chi connectivity index (χ0n) is 11.9. The van der Waals surface area contributed by atoms with Crippen molar-refractivity contribution in [3.8, 4) is 0 Å². The van der Waals surface area contributed by atoms with Crippen LogP contribution < -0.4 is 0 Å². The maximum absolute atomic E-state index is 4.10. The van der Waals surface area contributed by atoms with Crippen LogP contribution in [0.2, 0.25) is 0 Å². The molecule has 0 aliphatic heterocycles. The van der Waals surface area contributed by atoms with Gasteiger partial charge in [0.15, 0.2) is 0 Å². The van der Waals surface area contributed by atoms with E-state index in [0.29, 0.717) is 23.7 Å². The highest BCUT2D eigenvalue weighted by Gasteiger charge is 2.58. The second-order valence-electron chi connectivity index (χ2n) is 6.79. The summed E-state index contributed by atoms with van der Waals surface area (Å²) in [5.74, 6) is 6.09. The first kappa shape index (κ1) is 13.0. The Morgan fingerprint density at radius 3 is 1.21 bits per heavy atom. The Bertz CT molecular complexity index is 366. The molecule has 0 saturated heterocycles. The van der Waals surface area contributed by atoms with Gasteiger partial charge in [-0.3, -0.25) is 0 Å². The Labute approximate surface area is 118 Å². The van der Waals surface area contributed by atoms with E-state index in [1.807, 2.05) is 0 Å². The van der Waals surface area contributed by atoms with E-state index in [1.54, 1.807) is 0 Å². The van der Waals surface area contributed by atoms with E-state index in [4.69, 9.17) is 0 Å². The number of fused-ring (bicyclic) bond motifs is 3. The van der Waals surface area contributed by atoms with Gasteiger partial charge in [0.25, 0.3) is 0 Å². The summed E-state index contributed by atoms with van der Waals surface area (Å²) in [6, 6.07) is 0. The SMILES string of the molecule is C=CC1CC(C=C)C2C1CC1C(C=C)CC(C=C)C12. The third kappa shape index (κ3) is 1.72. The molecule has 0 aromatic carbocycles. The fraction of sp³-hybridized carbons (Fsp3) is 0.579. The Kier molecular flexibility index (Phi) is 3.28. The molecule has 3 fully saturated rings. The smallest absolute Gasteiger partial charge is 0.0196 e. The van der Waals surface area contributed by atoms with Gasteiger partial charge in [-0.25, -0.2) is 0 Å². The molecule has 3 rings (SSSR count). The van der Waals surface area contributed by atoms with Crippen LogP contribution in [0.25, 0.3) is 0 Å². The van der Waals surface area contributed by atoms with Crippen LogP contribution in [0.1, 0.15) is 19.3 Å². The van der Waals surface area contributed by atoms with Crippen LogP contribution in [0.4, 0.5) is 0 Å². The first-order valence-electron chi connectivity index (χ1n) is 7.75. The van der Waals surface area contributed by atoms with Gasteiger partial charge in [-0.05, 0) is 66.6 Å². The lowest BCUT2D eigenvalue weighted by Gasteiger charge is -2.27. The Morgan fingerprint density at radius 2 is 0.895 bits per heavy atom. The van der Waals surface area contributed by atoms with E-state index in [9.17, 15) is 0 Å². The summed E-state index contributed by atoms with van der Waals surface area (Å²) in [5, 5.41) is 0. The van der Waals surface area contributed by atoms with Gasteiger partial charge in [0.05, 0.1) is 0 Å². The molecule has 8 unspecified atom stereocenters. The molecule has 0 aromatic heterocycles. The highest BCUT2D eigenvalue weighted by atomic mass is 14.6. The minimum absolute atomic E-state index is 0.689. The lowest BCUT2D eigenvalue weighted by atomic mass is 9.78. The van der Waals surface area contributed by atoms with Crippen LogP contribution in [0.3, 0.4) is 0 Å². The lowest BCUT2D eigenvalue weighted by molar-refractivity contribution is 0.248.